The number of amides is 1. The van der Waals surface area contributed by atoms with Crippen molar-refractivity contribution < 1.29 is 9.53 Å². The van der Waals surface area contributed by atoms with Crippen molar-refractivity contribution in [1.82, 2.24) is 14.7 Å². The molecule has 2 N–H and O–H groups in total. The maximum absolute atomic E-state index is 12.2. The molecular weight excluding hydrogens is 268 g/mol. The second-order valence-corrected chi connectivity index (χ2v) is 5.00. The van der Waals surface area contributed by atoms with Crippen LogP contribution in [-0.4, -0.2) is 34.7 Å². The van der Waals surface area contributed by atoms with Crippen molar-refractivity contribution >= 4 is 11.7 Å². The number of likely N-dealkylation sites (N-methyl/N-ethyl adjacent to an activating group) is 1. The fourth-order valence-corrected chi connectivity index (χ4v) is 2.10. The molecule has 0 saturated carbocycles. The Morgan fingerprint density at radius 2 is 2.19 bits per heavy atom. The van der Waals surface area contributed by atoms with E-state index in [-0.39, 0.29) is 12.5 Å². The number of carbonyl (C=O) groups is 1. The second kappa shape index (κ2) is 6.30. The topological polar surface area (TPSA) is 73.4 Å². The zero-order valence-electron chi connectivity index (χ0n) is 12.5. The molecule has 1 aromatic heterocycles. The zero-order chi connectivity index (χ0) is 15.4. The molecule has 21 heavy (non-hydrogen) atoms. The number of aromatic nitrogens is 2. The Balaban J connectivity index is 2.05. The van der Waals surface area contributed by atoms with Crippen LogP contribution >= 0.6 is 0 Å². The van der Waals surface area contributed by atoms with Crippen LogP contribution in [0.5, 0.6) is 5.75 Å². The van der Waals surface area contributed by atoms with E-state index in [9.17, 15) is 4.79 Å². The van der Waals surface area contributed by atoms with Gasteiger partial charge in [0.1, 0.15) is 18.1 Å². The summed E-state index contributed by atoms with van der Waals surface area (Å²) in [6, 6.07) is 7.58. The third-order valence-electron chi connectivity index (χ3n) is 3.23. The molecule has 2 rings (SSSR count). The summed E-state index contributed by atoms with van der Waals surface area (Å²) in [5.74, 6) is 1.15. The van der Waals surface area contributed by atoms with E-state index < -0.39 is 0 Å². The number of aryl methyl sites for hydroxylation is 1. The Morgan fingerprint density at radius 1 is 1.43 bits per heavy atom. The van der Waals surface area contributed by atoms with Crippen LogP contribution in [0.15, 0.2) is 30.5 Å². The quantitative estimate of drug-likeness (QED) is 0.903. The monoisotopic (exact) mass is 288 g/mol. The van der Waals surface area contributed by atoms with Crippen molar-refractivity contribution in [1.29, 1.82) is 0 Å². The molecule has 6 nitrogen and oxygen atoms in total. The molecule has 0 saturated heterocycles. The number of nitrogens with zero attached hydrogens (tertiary/aromatic N) is 3. The molecule has 0 unspecified atom stereocenters. The minimum atomic E-state index is -0.0401. The van der Waals surface area contributed by atoms with Crippen molar-refractivity contribution in [3.05, 3.63) is 41.6 Å². The lowest BCUT2D eigenvalue weighted by Gasteiger charge is -2.19. The molecule has 0 bridgehead atoms. The number of rotatable bonds is 5. The molecule has 0 aliphatic rings. The normalized spacial score (nSPS) is 10.4. The highest BCUT2D eigenvalue weighted by Gasteiger charge is 2.13. The van der Waals surface area contributed by atoms with E-state index in [1.54, 1.807) is 31.3 Å². The van der Waals surface area contributed by atoms with Gasteiger partial charge >= 0.3 is 0 Å². The molecule has 0 aliphatic heterocycles. The van der Waals surface area contributed by atoms with Crippen LogP contribution in [0, 0.1) is 6.92 Å². The van der Waals surface area contributed by atoms with Crippen molar-refractivity contribution in [2.24, 2.45) is 0 Å². The molecule has 6 heteroatoms. The van der Waals surface area contributed by atoms with Gasteiger partial charge in [-0.05, 0) is 19.1 Å². The number of carbonyl (C=O) groups excluding carboxylic acids is 1. The number of nitrogens with two attached hydrogens (primary N) is 1. The average Bonchev–Trinajstić information content (AvgIpc) is 2.84. The van der Waals surface area contributed by atoms with Gasteiger partial charge in [0.25, 0.3) is 0 Å². The first-order valence-electron chi connectivity index (χ1n) is 6.66. The van der Waals surface area contributed by atoms with Crippen molar-refractivity contribution in [2.75, 3.05) is 19.9 Å². The van der Waals surface area contributed by atoms with Gasteiger partial charge in [0.15, 0.2) is 0 Å². The number of ether oxygens (including phenoxy) is 1. The summed E-state index contributed by atoms with van der Waals surface area (Å²) >= 11 is 0. The molecule has 0 aliphatic carbocycles. The molecule has 0 atom stereocenters. The standard InChI is InChI=1S/C15H20N4O2/c1-11-4-5-13(21-3)12(8-11)9-18(2)15(20)10-19-7-6-14(16)17-19/h4-8H,9-10H2,1-3H3,(H2,16,17). The van der Waals surface area contributed by atoms with E-state index in [1.165, 1.54) is 4.68 Å². The first-order valence-corrected chi connectivity index (χ1v) is 6.66. The first-order chi connectivity index (χ1) is 9.99. The smallest absolute Gasteiger partial charge is 0.244 e. The van der Waals surface area contributed by atoms with Crippen LogP contribution in [0.1, 0.15) is 11.1 Å². The largest absolute Gasteiger partial charge is 0.496 e. The van der Waals surface area contributed by atoms with Crippen molar-refractivity contribution in [3.63, 3.8) is 0 Å². The molecule has 0 radical (unpaired) electrons. The maximum Gasteiger partial charge on any atom is 0.244 e. The summed E-state index contributed by atoms with van der Waals surface area (Å²) in [5, 5.41) is 4.01. The fourth-order valence-electron chi connectivity index (χ4n) is 2.10. The lowest BCUT2D eigenvalue weighted by molar-refractivity contribution is -0.131. The molecule has 2 aromatic rings. The van der Waals surface area contributed by atoms with E-state index in [2.05, 4.69) is 5.10 Å². The van der Waals surface area contributed by atoms with Gasteiger partial charge in [-0.25, -0.2) is 0 Å². The molecule has 112 valence electrons. The molecule has 1 amide bonds. The average molecular weight is 288 g/mol. The van der Waals surface area contributed by atoms with E-state index in [4.69, 9.17) is 10.5 Å². The highest BCUT2D eigenvalue weighted by molar-refractivity contribution is 5.75. The zero-order valence-corrected chi connectivity index (χ0v) is 12.5. The number of anilines is 1. The summed E-state index contributed by atoms with van der Waals surface area (Å²) in [6.07, 6.45) is 1.69. The van der Waals surface area contributed by atoms with Crippen LogP contribution < -0.4 is 10.5 Å². The van der Waals surface area contributed by atoms with Crippen molar-refractivity contribution in [2.45, 2.75) is 20.0 Å². The molecule has 1 heterocycles. The van der Waals surface area contributed by atoms with Gasteiger partial charge in [0, 0.05) is 25.4 Å². The third-order valence-corrected chi connectivity index (χ3v) is 3.23. The predicted molar refractivity (Wildman–Crippen MR) is 80.8 cm³/mol. The molecular formula is C15H20N4O2. The number of hydrogen-bond acceptors (Lipinski definition) is 4. The van der Waals surface area contributed by atoms with Gasteiger partial charge in [-0.15, -0.1) is 0 Å². The minimum absolute atomic E-state index is 0.0401. The van der Waals surface area contributed by atoms with Crippen LogP contribution in [0.25, 0.3) is 0 Å². The predicted octanol–water partition coefficient (Wildman–Crippen LogP) is 1.44. The minimum Gasteiger partial charge on any atom is -0.496 e. The molecule has 0 spiro atoms. The van der Waals surface area contributed by atoms with Crippen LogP contribution in [0.2, 0.25) is 0 Å². The van der Waals surface area contributed by atoms with Crippen LogP contribution in [0.3, 0.4) is 0 Å². The Hall–Kier alpha value is -2.50. The number of benzene rings is 1. The molecule has 1 aromatic carbocycles. The lowest BCUT2D eigenvalue weighted by atomic mass is 10.1. The lowest BCUT2D eigenvalue weighted by Crippen LogP contribution is -2.30. The van der Waals surface area contributed by atoms with Crippen molar-refractivity contribution in [3.8, 4) is 5.75 Å². The Labute approximate surface area is 124 Å². The van der Waals surface area contributed by atoms with Gasteiger partial charge in [0.2, 0.25) is 5.91 Å². The van der Waals surface area contributed by atoms with Gasteiger partial charge < -0.3 is 15.4 Å². The van der Waals surface area contributed by atoms with Gasteiger partial charge in [-0.1, -0.05) is 17.7 Å². The Kier molecular flexibility index (Phi) is 4.47. The SMILES string of the molecule is COc1ccc(C)cc1CN(C)C(=O)Cn1ccc(N)n1. The van der Waals surface area contributed by atoms with Crippen LogP contribution in [0.4, 0.5) is 5.82 Å². The number of methoxy groups -OCH3 is 1. The highest BCUT2D eigenvalue weighted by atomic mass is 16.5. The van der Waals surface area contributed by atoms with E-state index in [0.29, 0.717) is 12.4 Å². The van der Waals surface area contributed by atoms with E-state index in [1.807, 2.05) is 25.1 Å². The van der Waals surface area contributed by atoms with Gasteiger partial charge in [-0.3, -0.25) is 9.48 Å². The maximum atomic E-state index is 12.2. The van der Waals surface area contributed by atoms with Crippen LogP contribution in [-0.2, 0) is 17.9 Å². The summed E-state index contributed by atoms with van der Waals surface area (Å²) in [4.78, 5) is 13.8. The highest BCUT2D eigenvalue weighted by Crippen LogP contribution is 2.21. The summed E-state index contributed by atoms with van der Waals surface area (Å²) in [6.45, 7) is 2.67. The number of hydrogen-bond donors (Lipinski definition) is 1. The summed E-state index contributed by atoms with van der Waals surface area (Å²) < 4.78 is 6.86. The van der Waals surface area contributed by atoms with Gasteiger partial charge in [-0.2, -0.15) is 5.10 Å². The Morgan fingerprint density at radius 3 is 2.81 bits per heavy atom. The summed E-state index contributed by atoms with van der Waals surface area (Å²) in [5.41, 5.74) is 7.65. The van der Waals surface area contributed by atoms with E-state index >= 15 is 0 Å². The third kappa shape index (κ3) is 3.75. The first kappa shape index (κ1) is 14.9. The summed E-state index contributed by atoms with van der Waals surface area (Å²) in [7, 11) is 3.39. The molecule has 0 fully saturated rings. The fraction of sp³-hybridized carbons (Fsp3) is 0.333. The second-order valence-electron chi connectivity index (χ2n) is 5.00. The van der Waals surface area contributed by atoms with Gasteiger partial charge in [0.05, 0.1) is 7.11 Å². The van der Waals surface area contributed by atoms with E-state index in [0.717, 1.165) is 16.9 Å². The Bertz CT molecular complexity index is 636. The number of nitrogen functional groups attached to an aromatic ring is 1.